The smallest absolute Gasteiger partial charge is 0.280 e. The molecule has 3 aromatic rings. The van der Waals surface area contributed by atoms with Gasteiger partial charge in [0, 0.05) is 5.56 Å². The van der Waals surface area contributed by atoms with Crippen molar-refractivity contribution in [3.63, 3.8) is 0 Å². The predicted molar refractivity (Wildman–Crippen MR) is 125 cm³/mol. The van der Waals surface area contributed by atoms with E-state index in [1.807, 2.05) is 79.7 Å². The van der Waals surface area contributed by atoms with Crippen LogP contribution in [0.3, 0.4) is 0 Å². The molecule has 1 amide bonds. The first-order chi connectivity index (χ1) is 15.1. The maximum Gasteiger partial charge on any atom is 0.280 e. The summed E-state index contributed by atoms with van der Waals surface area (Å²) in [6.07, 6.45) is 1.82. The van der Waals surface area contributed by atoms with E-state index in [9.17, 15) is 10.1 Å². The van der Waals surface area contributed by atoms with Gasteiger partial charge in [-0.2, -0.15) is 15.4 Å². The zero-order chi connectivity index (χ0) is 21.8. The molecule has 1 heterocycles. The molecular weight excluding hydrogens is 454 g/mol. The summed E-state index contributed by atoms with van der Waals surface area (Å²) in [6.45, 7) is 2.12. The summed E-state index contributed by atoms with van der Waals surface area (Å²) in [4.78, 5) is 12.9. The van der Waals surface area contributed by atoms with E-state index in [0.717, 1.165) is 21.3 Å². The van der Waals surface area contributed by atoms with Gasteiger partial charge in [0.15, 0.2) is 0 Å². The monoisotopic (exact) mass is 471 g/mol. The van der Waals surface area contributed by atoms with E-state index in [1.54, 1.807) is 6.07 Å². The summed E-state index contributed by atoms with van der Waals surface area (Å²) < 4.78 is 6.65. The van der Waals surface area contributed by atoms with Gasteiger partial charge in [-0.25, -0.2) is 0 Å². The Labute approximate surface area is 189 Å². The summed E-state index contributed by atoms with van der Waals surface area (Å²) in [6, 6.07) is 24.5. The second kappa shape index (κ2) is 8.99. The van der Waals surface area contributed by atoms with E-state index in [1.165, 1.54) is 5.01 Å². The van der Waals surface area contributed by atoms with Crippen molar-refractivity contribution in [3.8, 4) is 11.8 Å². The van der Waals surface area contributed by atoms with Crippen LogP contribution in [-0.4, -0.2) is 11.6 Å². The molecule has 0 bridgehead atoms. The van der Waals surface area contributed by atoms with Gasteiger partial charge in [0.1, 0.15) is 12.4 Å². The second-order valence-corrected chi connectivity index (χ2v) is 7.80. The number of carbonyl (C=O) groups excluding carboxylic acids is 1. The van der Waals surface area contributed by atoms with E-state index < -0.39 is 0 Å². The van der Waals surface area contributed by atoms with E-state index in [4.69, 9.17) is 4.74 Å². The number of amides is 1. The predicted octanol–water partition coefficient (Wildman–Crippen LogP) is 5.71. The van der Waals surface area contributed by atoms with Gasteiger partial charge in [-0.05, 0) is 64.8 Å². The summed E-state index contributed by atoms with van der Waals surface area (Å²) in [5.74, 6) is 0.497. The van der Waals surface area contributed by atoms with E-state index in [0.29, 0.717) is 29.2 Å². The molecule has 0 unspecified atom stereocenters. The summed E-state index contributed by atoms with van der Waals surface area (Å²) >= 11 is 3.54. The van der Waals surface area contributed by atoms with Gasteiger partial charge in [0.2, 0.25) is 0 Å². The number of para-hydroxylation sites is 1. The molecule has 0 aliphatic carbocycles. The molecule has 4 rings (SSSR count). The number of hydrazone groups is 1. The van der Waals surface area contributed by atoms with Gasteiger partial charge in [0.05, 0.1) is 33.1 Å². The number of hydrogen-bond acceptors (Lipinski definition) is 4. The molecule has 1 aliphatic heterocycles. The van der Waals surface area contributed by atoms with Crippen LogP contribution in [0.4, 0.5) is 5.69 Å². The van der Waals surface area contributed by atoms with Crippen LogP contribution in [0.15, 0.2) is 87.9 Å². The topological polar surface area (TPSA) is 65.7 Å². The van der Waals surface area contributed by atoms with Crippen molar-refractivity contribution in [2.75, 3.05) is 5.01 Å². The minimum Gasteiger partial charge on any atom is -0.488 e. The Morgan fingerprint density at radius 2 is 1.84 bits per heavy atom. The number of anilines is 1. The maximum absolute atomic E-state index is 12.9. The van der Waals surface area contributed by atoms with E-state index in [2.05, 4.69) is 27.1 Å². The quantitative estimate of drug-likeness (QED) is 0.447. The van der Waals surface area contributed by atoms with Crippen molar-refractivity contribution in [2.45, 2.75) is 13.5 Å². The van der Waals surface area contributed by atoms with Gasteiger partial charge < -0.3 is 4.74 Å². The van der Waals surface area contributed by atoms with E-state index in [-0.39, 0.29) is 5.91 Å². The summed E-state index contributed by atoms with van der Waals surface area (Å²) in [5, 5.41) is 15.0. The SMILES string of the molecule is CC1=NN(c2ccccc2)C(=O)C1=Cc1ccc(OCc2ccccc2C#N)c(Br)c1. The van der Waals surface area contributed by atoms with Crippen molar-refractivity contribution >= 4 is 39.3 Å². The first-order valence-electron chi connectivity index (χ1n) is 9.64. The fourth-order valence-corrected chi connectivity index (χ4v) is 3.74. The maximum atomic E-state index is 12.9. The number of benzene rings is 3. The molecular formula is C25H18BrN3O2. The highest BCUT2D eigenvalue weighted by Gasteiger charge is 2.28. The largest absolute Gasteiger partial charge is 0.488 e. The van der Waals surface area contributed by atoms with Crippen LogP contribution < -0.4 is 9.75 Å². The molecule has 0 radical (unpaired) electrons. The molecule has 5 nitrogen and oxygen atoms in total. The van der Waals surface area contributed by atoms with Crippen molar-refractivity contribution < 1.29 is 9.53 Å². The fraction of sp³-hybridized carbons (Fsp3) is 0.0800. The average molecular weight is 472 g/mol. The molecule has 0 N–H and O–H groups in total. The van der Waals surface area contributed by atoms with E-state index >= 15 is 0 Å². The third-order valence-corrected chi connectivity index (χ3v) is 5.47. The van der Waals surface area contributed by atoms with Crippen LogP contribution in [-0.2, 0) is 11.4 Å². The molecule has 0 saturated heterocycles. The third-order valence-electron chi connectivity index (χ3n) is 4.85. The Bertz CT molecular complexity index is 1240. The number of carbonyl (C=O) groups is 1. The Hall–Kier alpha value is -3.69. The van der Waals surface area contributed by atoms with Gasteiger partial charge in [-0.3, -0.25) is 4.79 Å². The number of halogens is 1. The first-order valence-corrected chi connectivity index (χ1v) is 10.4. The molecule has 0 fully saturated rings. The molecule has 0 aromatic heterocycles. The van der Waals surface area contributed by atoms with Gasteiger partial charge in [-0.1, -0.05) is 42.5 Å². The van der Waals surface area contributed by atoms with Gasteiger partial charge >= 0.3 is 0 Å². The second-order valence-electron chi connectivity index (χ2n) is 6.94. The first kappa shape index (κ1) is 20.6. The Morgan fingerprint density at radius 3 is 2.58 bits per heavy atom. The van der Waals surface area contributed by atoms with Gasteiger partial charge in [0.25, 0.3) is 5.91 Å². The molecule has 0 spiro atoms. The Balaban J connectivity index is 1.52. The summed E-state index contributed by atoms with van der Waals surface area (Å²) in [7, 11) is 0. The minimum atomic E-state index is -0.159. The fourth-order valence-electron chi connectivity index (χ4n) is 3.23. The molecule has 6 heteroatoms. The van der Waals surface area contributed by atoms with Crippen LogP contribution in [0.25, 0.3) is 6.08 Å². The lowest BCUT2D eigenvalue weighted by Gasteiger charge is -2.11. The zero-order valence-corrected chi connectivity index (χ0v) is 18.3. The third kappa shape index (κ3) is 4.42. The van der Waals surface area contributed by atoms with Crippen LogP contribution in [0.5, 0.6) is 5.75 Å². The number of hydrogen-bond donors (Lipinski definition) is 0. The highest BCUT2D eigenvalue weighted by molar-refractivity contribution is 9.10. The lowest BCUT2D eigenvalue weighted by atomic mass is 10.1. The lowest BCUT2D eigenvalue weighted by Crippen LogP contribution is -2.21. The number of rotatable bonds is 5. The molecule has 0 atom stereocenters. The van der Waals surface area contributed by atoms with Crippen LogP contribution in [0.1, 0.15) is 23.6 Å². The molecule has 1 aliphatic rings. The van der Waals surface area contributed by atoms with Crippen LogP contribution in [0.2, 0.25) is 0 Å². The number of nitrogens with zero attached hydrogens (tertiary/aromatic N) is 3. The Morgan fingerprint density at radius 1 is 1.10 bits per heavy atom. The van der Waals surface area contributed by atoms with Crippen molar-refractivity contribution in [1.29, 1.82) is 5.26 Å². The van der Waals surface area contributed by atoms with Crippen molar-refractivity contribution in [1.82, 2.24) is 0 Å². The molecule has 3 aromatic carbocycles. The summed E-state index contributed by atoms with van der Waals surface area (Å²) in [5.41, 5.74) is 4.22. The number of nitriles is 1. The number of ether oxygens (including phenoxy) is 1. The average Bonchev–Trinajstić information content (AvgIpc) is 3.07. The van der Waals surface area contributed by atoms with Crippen molar-refractivity contribution in [3.05, 3.63) is 99.5 Å². The minimum absolute atomic E-state index is 0.159. The normalized spacial score (nSPS) is 14.5. The molecule has 152 valence electrons. The van der Waals surface area contributed by atoms with Crippen molar-refractivity contribution in [2.24, 2.45) is 5.10 Å². The molecule has 0 saturated carbocycles. The van der Waals surface area contributed by atoms with Crippen LogP contribution in [0, 0.1) is 11.3 Å². The zero-order valence-electron chi connectivity index (χ0n) is 16.7. The van der Waals surface area contributed by atoms with Gasteiger partial charge in [-0.15, -0.1) is 0 Å². The van der Waals surface area contributed by atoms with Crippen LogP contribution >= 0.6 is 15.9 Å². The molecule has 31 heavy (non-hydrogen) atoms. The highest BCUT2D eigenvalue weighted by atomic mass is 79.9. The standard InChI is InChI=1S/C25H18BrN3O2/c1-17-22(25(30)29(28-17)21-9-3-2-4-10-21)13-18-11-12-24(23(26)14-18)31-16-20-8-6-5-7-19(20)15-27/h2-14H,16H2,1H3. The Kier molecular flexibility index (Phi) is 5.96. The highest BCUT2D eigenvalue weighted by Crippen LogP contribution is 2.30. The lowest BCUT2D eigenvalue weighted by molar-refractivity contribution is -0.114.